The minimum atomic E-state index is -3.79. The number of halogens is 2. The van der Waals surface area contributed by atoms with Gasteiger partial charge in [0.15, 0.2) is 0 Å². The molecule has 0 aliphatic carbocycles. The second kappa shape index (κ2) is 11.9. The van der Waals surface area contributed by atoms with Crippen molar-refractivity contribution in [2.45, 2.75) is 39.8 Å². The van der Waals surface area contributed by atoms with Crippen LogP contribution in [0.1, 0.15) is 31.4 Å². The number of nitrogens with one attached hydrogen (secondary N) is 1. The summed E-state index contributed by atoms with van der Waals surface area (Å²) in [6, 6.07) is 11.4. The van der Waals surface area contributed by atoms with Crippen molar-refractivity contribution in [2.75, 3.05) is 23.7 Å². The molecule has 180 valence electrons. The van der Waals surface area contributed by atoms with Gasteiger partial charge in [0.2, 0.25) is 21.8 Å². The highest BCUT2D eigenvalue weighted by Crippen LogP contribution is 2.26. The zero-order valence-electron chi connectivity index (χ0n) is 19.1. The van der Waals surface area contributed by atoms with Gasteiger partial charge in [0.25, 0.3) is 0 Å². The van der Waals surface area contributed by atoms with Gasteiger partial charge in [-0.15, -0.1) is 0 Å². The lowest BCUT2D eigenvalue weighted by molar-refractivity contribution is -0.139. The minimum absolute atomic E-state index is 0.149. The fraction of sp³-hybridized carbons (Fsp3) is 0.391. The molecular formula is C23H29BrClN3O4S. The van der Waals surface area contributed by atoms with Crippen LogP contribution in [0.5, 0.6) is 0 Å². The molecule has 1 atom stereocenters. The Morgan fingerprint density at radius 1 is 1.18 bits per heavy atom. The third-order valence-electron chi connectivity index (χ3n) is 5.07. The van der Waals surface area contributed by atoms with Crippen molar-refractivity contribution < 1.29 is 18.0 Å². The van der Waals surface area contributed by atoms with E-state index in [2.05, 4.69) is 21.2 Å². The molecule has 0 heterocycles. The summed E-state index contributed by atoms with van der Waals surface area (Å²) < 4.78 is 27.1. The summed E-state index contributed by atoms with van der Waals surface area (Å²) in [5, 5.41) is 3.27. The number of hydrogen-bond donors (Lipinski definition) is 1. The molecule has 0 aliphatic heterocycles. The van der Waals surface area contributed by atoms with Gasteiger partial charge in [0.1, 0.15) is 12.6 Å². The highest BCUT2D eigenvalue weighted by molar-refractivity contribution is 9.10. The molecule has 0 bridgehead atoms. The molecule has 1 N–H and O–H groups in total. The number of aryl methyl sites for hydroxylation is 1. The summed E-state index contributed by atoms with van der Waals surface area (Å²) in [6.07, 6.45) is 1.81. The summed E-state index contributed by atoms with van der Waals surface area (Å²) in [6.45, 7) is 5.50. The summed E-state index contributed by atoms with van der Waals surface area (Å²) in [5.41, 5.74) is 1.79. The fourth-order valence-corrected chi connectivity index (χ4v) is 4.88. The SMILES string of the molecule is CCCNC(=O)C(C)N(Cc1cccc(Br)c1)C(=O)CN(c1ccc(Cl)cc1C)S(C)(=O)=O. The van der Waals surface area contributed by atoms with Crippen molar-refractivity contribution in [3.63, 3.8) is 0 Å². The quantitative estimate of drug-likeness (QED) is 0.475. The van der Waals surface area contributed by atoms with E-state index in [1.54, 1.807) is 32.0 Å². The maximum atomic E-state index is 13.5. The second-order valence-electron chi connectivity index (χ2n) is 7.82. The Bertz CT molecular complexity index is 1110. The molecule has 1 unspecified atom stereocenters. The van der Waals surface area contributed by atoms with Gasteiger partial charge in [-0.2, -0.15) is 0 Å². The van der Waals surface area contributed by atoms with Gasteiger partial charge in [-0.1, -0.05) is 46.6 Å². The molecular weight excluding hydrogens is 530 g/mol. The monoisotopic (exact) mass is 557 g/mol. The van der Waals surface area contributed by atoms with E-state index >= 15 is 0 Å². The van der Waals surface area contributed by atoms with Crippen molar-refractivity contribution in [1.82, 2.24) is 10.2 Å². The third-order valence-corrected chi connectivity index (χ3v) is 6.92. The highest BCUT2D eigenvalue weighted by atomic mass is 79.9. The summed E-state index contributed by atoms with van der Waals surface area (Å²) in [5.74, 6) is -0.789. The van der Waals surface area contributed by atoms with Gasteiger partial charge in [-0.3, -0.25) is 13.9 Å². The number of hydrogen-bond acceptors (Lipinski definition) is 4. The zero-order valence-corrected chi connectivity index (χ0v) is 22.3. The van der Waals surface area contributed by atoms with Gasteiger partial charge in [-0.25, -0.2) is 8.42 Å². The Hall–Kier alpha value is -2.10. The maximum absolute atomic E-state index is 13.5. The first-order chi connectivity index (χ1) is 15.4. The Morgan fingerprint density at radius 2 is 1.88 bits per heavy atom. The number of nitrogens with zero attached hydrogens (tertiary/aromatic N) is 2. The number of sulfonamides is 1. The summed E-state index contributed by atoms with van der Waals surface area (Å²) >= 11 is 9.44. The van der Waals surface area contributed by atoms with Crippen LogP contribution in [0, 0.1) is 6.92 Å². The van der Waals surface area contributed by atoms with Crippen LogP contribution in [-0.2, 0) is 26.2 Å². The third kappa shape index (κ3) is 7.72. The molecule has 0 aromatic heterocycles. The van der Waals surface area contributed by atoms with Crippen molar-refractivity contribution in [3.05, 3.63) is 63.1 Å². The maximum Gasteiger partial charge on any atom is 0.244 e. The Kier molecular flexibility index (Phi) is 9.75. The molecule has 2 amide bonds. The van der Waals surface area contributed by atoms with Crippen LogP contribution >= 0.6 is 27.5 Å². The number of rotatable bonds is 10. The first kappa shape index (κ1) is 27.1. The van der Waals surface area contributed by atoms with Crippen LogP contribution in [0.4, 0.5) is 5.69 Å². The van der Waals surface area contributed by atoms with Crippen molar-refractivity contribution in [2.24, 2.45) is 0 Å². The largest absolute Gasteiger partial charge is 0.354 e. The molecule has 0 radical (unpaired) electrons. The van der Waals surface area contributed by atoms with Crippen LogP contribution in [-0.4, -0.2) is 50.5 Å². The van der Waals surface area contributed by atoms with Gasteiger partial charge in [0.05, 0.1) is 11.9 Å². The highest BCUT2D eigenvalue weighted by Gasteiger charge is 2.30. The zero-order chi connectivity index (χ0) is 24.8. The average Bonchev–Trinajstić information content (AvgIpc) is 2.73. The Labute approximate surface area is 209 Å². The van der Waals surface area contributed by atoms with Crippen LogP contribution in [0.3, 0.4) is 0 Å². The van der Waals surface area contributed by atoms with Gasteiger partial charge < -0.3 is 10.2 Å². The number of anilines is 1. The molecule has 0 saturated carbocycles. The second-order valence-corrected chi connectivity index (χ2v) is 11.1. The standard InChI is InChI=1S/C23H29BrClN3O4S/c1-5-11-26-23(30)17(3)27(14-18-7-6-8-19(24)13-18)22(29)15-28(33(4,31)32)21-10-9-20(25)12-16(21)2/h6-10,12-13,17H,5,11,14-15H2,1-4H3,(H,26,30). The van der Waals surface area contributed by atoms with E-state index in [-0.39, 0.29) is 12.5 Å². The lowest BCUT2D eigenvalue weighted by Gasteiger charge is -2.32. The normalized spacial score (nSPS) is 12.2. The number of carbonyl (C=O) groups is 2. The van der Waals surface area contributed by atoms with E-state index in [1.165, 1.54) is 4.90 Å². The molecule has 0 fully saturated rings. The predicted octanol–water partition coefficient (Wildman–Crippen LogP) is 4.12. The Balaban J connectivity index is 2.40. The number of amides is 2. The average molecular weight is 559 g/mol. The van der Waals surface area contributed by atoms with E-state index in [0.29, 0.717) is 22.8 Å². The molecule has 0 saturated heterocycles. The van der Waals surface area contributed by atoms with Crippen LogP contribution < -0.4 is 9.62 Å². The first-order valence-corrected chi connectivity index (χ1v) is 13.5. The lowest BCUT2D eigenvalue weighted by Crippen LogP contribution is -2.51. The predicted molar refractivity (Wildman–Crippen MR) is 136 cm³/mol. The van der Waals surface area contributed by atoms with Crippen LogP contribution in [0.15, 0.2) is 46.9 Å². The van der Waals surface area contributed by atoms with Gasteiger partial charge in [0, 0.05) is 22.6 Å². The van der Waals surface area contributed by atoms with E-state index in [0.717, 1.165) is 27.0 Å². The summed E-state index contributed by atoms with van der Waals surface area (Å²) in [4.78, 5) is 27.6. The van der Waals surface area contributed by atoms with Gasteiger partial charge >= 0.3 is 0 Å². The van der Waals surface area contributed by atoms with Gasteiger partial charge in [-0.05, 0) is 61.7 Å². The van der Waals surface area contributed by atoms with E-state index in [4.69, 9.17) is 11.6 Å². The van der Waals surface area contributed by atoms with Crippen molar-refractivity contribution in [3.8, 4) is 0 Å². The molecule has 0 aliphatic rings. The molecule has 2 rings (SSSR count). The van der Waals surface area contributed by atoms with E-state index in [9.17, 15) is 18.0 Å². The smallest absolute Gasteiger partial charge is 0.244 e. The molecule has 0 spiro atoms. The number of carbonyl (C=O) groups excluding carboxylic acids is 2. The topological polar surface area (TPSA) is 86.8 Å². The molecule has 10 heteroatoms. The van der Waals surface area contributed by atoms with Crippen molar-refractivity contribution in [1.29, 1.82) is 0 Å². The van der Waals surface area contributed by atoms with Crippen LogP contribution in [0.2, 0.25) is 5.02 Å². The summed E-state index contributed by atoms with van der Waals surface area (Å²) in [7, 11) is -3.79. The molecule has 2 aromatic carbocycles. The number of benzene rings is 2. The lowest BCUT2D eigenvalue weighted by atomic mass is 10.1. The molecule has 2 aromatic rings. The molecule has 7 nitrogen and oxygen atoms in total. The Morgan fingerprint density at radius 3 is 2.45 bits per heavy atom. The van der Waals surface area contributed by atoms with Crippen molar-refractivity contribution >= 4 is 55.1 Å². The minimum Gasteiger partial charge on any atom is -0.354 e. The van der Waals surface area contributed by atoms with E-state index < -0.39 is 28.5 Å². The van der Waals surface area contributed by atoms with E-state index in [1.807, 2.05) is 31.2 Å². The molecule has 33 heavy (non-hydrogen) atoms. The van der Waals surface area contributed by atoms with Crippen LogP contribution in [0.25, 0.3) is 0 Å². The first-order valence-electron chi connectivity index (χ1n) is 10.5. The fourth-order valence-electron chi connectivity index (χ4n) is 3.30.